The van der Waals surface area contributed by atoms with Gasteiger partial charge in [-0.3, -0.25) is 0 Å². The number of benzene rings is 1. The Morgan fingerprint density at radius 3 is 2.89 bits per heavy atom. The van der Waals surface area contributed by atoms with Gasteiger partial charge in [-0.25, -0.2) is 8.42 Å². The first kappa shape index (κ1) is 12.8. The van der Waals surface area contributed by atoms with Crippen LogP contribution < -0.4 is 5.32 Å². The molecule has 0 fully saturated rings. The van der Waals surface area contributed by atoms with Gasteiger partial charge >= 0.3 is 0 Å². The molecule has 2 aromatic rings. The lowest BCUT2D eigenvalue weighted by Gasteiger charge is -2.11. The standard InChI is InChI=1S/C14H15NO2S2/c16-19(17)10-13(12-3-1-2-4-14(12)19)15-7-5-11-6-8-18-9-11/h1-4,6,8-9,13,15H,5,7,10H2. The molecular formula is C14H15NO2S2. The average Bonchev–Trinajstić information content (AvgIpc) is 2.98. The molecule has 0 spiro atoms. The van der Waals surface area contributed by atoms with Gasteiger partial charge in [0, 0.05) is 6.04 Å². The number of thiophene rings is 1. The summed E-state index contributed by atoms with van der Waals surface area (Å²) >= 11 is 1.69. The Morgan fingerprint density at radius 2 is 2.11 bits per heavy atom. The molecule has 3 nitrogen and oxygen atoms in total. The van der Waals surface area contributed by atoms with Gasteiger partial charge in [0.05, 0.1) is 10.6 Å². The van der Waals surface area contributed by atoms with Crippen molar-refractivity contribution in [1.29, 1.82) is 0 Å². The van der Waals surface area contributed by atoms with Gasteiger partial charge in [-0.15, -0.1) is 0 Å². The predicted octanol–water partition coefficient (Wildman–Crippen LogP) is 2.41. The summed E-state index contributed by atoms with van der Waals surface area (Å²) in [4.78, 5) is 0.489. The average molecular weight is 293 g/mol. The molecule has 0 aliphatic carbocycles. The Hall–Kier alpha value is -1.17. The lowest BCUT2D eigenvalue weighted by atomic mass is 10.1. The summed E-state index contributed by atoms with van der Waals surface area (Å²) in [6.07, 6.45) is 0.933. The molecule has 19 heavy (non-hydrogen) atoms. The normalized spacial score (nSPS) is 20.3. The van der Waals surface area contributed by atoms with E-state index in [9.17, 15) is 8.42 Å². The van der Waals surface area contributed by atoms with E-state index in [1.807, 2.05) is 12.1 Å². The van der Waals surface area contributed by atoms with Crippen molar-refractivity contribution in [2.24, 2.45) is 0 Å². The highest BCUT2D eigenvalue weighted by Crippen LogP contribution is 2.32. The fraction of sp³-hybridized carbons (Fsp3) is 0.286. The third-order valence-corrected chi connectivity index (χ3v) is 5.95. The van der Waals surface area contributed by atoms with Crippen molar-refractivity contribution >= 4 is 21.2 Å². The number of hydrogen-bond donors (Lipinski definition) is 1. The van der Waals surface area contributed by atoms with E-state index < -0.39 is 9.84 Å². The first-order valence-corrected chi connectivity index (χ1v) is 8.82. The molecule has 1 aliphatic heterocycles. The molecule has 100 valence electrons. The van der Waals surface area contributed by atoms with Crippen molar-refractivity contribution in [2.45, 2.75) is 17.4 Å². The molecular weight excluding hydrogens is 278 g/mol. The minimum atomic E-state index is -3.10. The molecule has 2 heterocycles. The first-order chi connectivity index (χ1) is 9.17. The van der Waals surface area contributed by atoms with Crippen molar-refractivity contribution in [3.63, 3.8) is 0 Å². The van der Waals surface area contributed by atoms with Crippen LogP contribution in [0.4, 0.5) is 0 Å². The van der Waals surface area contributed by atoms with Gasteiger partial charge in [0.1, 0.15) is 0 Å². The quantitative estimate of drug-likeness (QED) is 0.941. The summed E-state index contributed by atoms with van der Waals surface area (Å²) in [6.45, 7) is 0.797. The van der Waals surface area contributed by atoms with Gasteiger partial charge in [-0.1, -0.05) is 18.2 Å². The van der Waals surface area contributed by atoms with Gasteiger partial charge in [-0.05, 0) is 47.0 Å². The maximum absolute atomic E-state index is 12.0. The summed E-state index contributed by atoms with van der Waals surface area (Å²) in [6, 6.07) is 9.32. The summed E-state index contributed by atoms with van der Waals surface area (Å²) in [5.74, 6) is 0.177. The van der Waals surface area contributed by atoms with Crippen LogP contribution >= 0.6 is 11.3 Å². The molecule has 0 amide bonds. The van der Waals surface area contributed by atoms with Gasteiger partial charge in [0.15, 0.2) is 9.84 Å². The summed E-state index contributed by atoms with van der Waals surface area (Å²) < 4.78 is 24.0. The van der Waals surface area contributed by atoms with Crippen molar-refractivity contribution in [3.05, 3.63) is 52.2 Å². The molecule has 1 aromatic carbocycles. The zero-order chi connectivity index (χ0) is 13.3. The molecule has 3 rings (SSSR count). The van der Waals surface area contributed by atoms with Crippen molar-refractivity contribution in [1.82, 2.24) is 5.32 Å². The van der Waals surface area contributed by atoms with E-state index in [0.29, 0.717) is 4.90 Å². The maximum Gasteiger partial charge on any atom is 0.180 e. The molecule has 1 N–H and O–H groups in total. The Balaban J connectivity index is 1.70. The number of hydrogen-bond acceptors (Lipinski definition) is 4. The summed E-state index contributed by atoms with van der Waals surface area (Å²) in [5.41, 5.74) is 2.21. The third kappa shape index (κ3) is 2.59. The van der Waals surface area contributed by atoms with Crippen LogP contribution in [0.3, 0.4) is 0 Å². The van der Waals surface area contributed by atoms with Crippen LogP contribution in [0.1, 0.15) is 17.2 Å². The molecule has 1 unspecified atom stereocenters. The molecule has 0 saturated heterocycles. The lowest BCUT2D eigenvalue weighted by Crippen LogP contribution is -2.24. The highest BCUT2D eigenvalue weighted by atomic mass is 32.2. The topological polar surface area (TPSA) is 46.2 Å². The van der Waals surface area contributed by atoms with E-state index in [0.717, 1.165) is 18.5 Å². The van der Waals surface area contributed by atoms with Gasteiger partial charge in [-0.2, -0.15) is 11.3 Å². The van der Waals surface area contributed by atoms with Crippen molar-refractivity contribution < 1.29 is 8.42 Å². The molecule has 0 radical (unpaired) electrons. The lowest BCUT2D eigenvalue weighted by molar-refractivity contribution is 0.568. The largest absolute Gasteiger partial charge is 0.309 e. The first-order valence-electron chi connectivity index (χ1n) is 6.23. The van der Waals surface area contributed by atoms with Crippen molar-refractivity contribution in [2.75, 3.05) is 12.3 Å². The van der Waals surface area contributed by atoms with Crippen LogP contribution in [0.15, 0.2) is 46.0 Å². The van der Waals surface area contributed by atoms with E-state index in [1.54, 1.807) is 23.5 Å². The minimum absolute atomic E-state index is 0.0696. The Bertz CT molecular complexity index is 663. The Kier molecular flexibility index (Phi) is 3.43. The second-order valence-corrected chi connectivity index (χ2v) is 7.49. The predicted molar refractivity (Wildman–Crippen MR) is 77.3 cm³/mol. The highest BCUT2D eigenvalue weighted by Gasteiger charge is 2.33. The number of sulfone groups is 1. The zero-order valence-corrected chi connectivity index (χ0v) is 12.0. The Labute approximate surface area is 117 Å². The second-order valence-electron chi connectivity index (χ2n) is 4.71. The molecule has 5 heteroatoms. The van der Waals surface area contributed by atoms with E-state index in [4.69, 9.17) is 0 Å². The fourth-order valence-electron chi connectivity index (χ4n) is 2.45. The maximum atomic E-state index is 12.0. The van der Waals surface area contributed by atoms with E-state index in [-0.39, 0.29) is 11.8 Å². The van der Waals surface area contributed by atoms with Crippen LogP contribution in [-0.2, 0) is 16.3 Å². The SMILES string of the molecule is O=S1(=O)CC(NCCc2ccsc2)c2ccccc21. The molecule has 0 bridgehead atoms. The fourth-order valence-corrected chi connectivity index (χ4v) is 4.92. The van der Waals surface area contributed by atoms with E-state index in [2.05, 4.69) is 22.1 Å². The van der Waals surface area contributed by atoms with Crippen LogP contribution in [0.5, 0.6) is 0 Å². The van der Waals surface area contributed by atoms with Gasteiger partial charge in [0.2, 0.25) is 0 Å². The smallest absolute Gasteiger partial charge is 0.180 e. The summed E-state index contributed by atoms with van der Waals surface area (Å²) in [7, 11) is -3.10. The minimum Gasteiger partial charge on any atom is -0.309 e. The molecule has 1 aromatic heterocycles. The number of rotatable bonds is 4. The van der Waals surface area contributed by atoms with Crippen LogP contribution in [0.2, 0.25) is 0 Å². The molecule has 1 atom stereocenters. The van der Waals surface area contributed by atoms with Crippen LogP contribution in [0.25, 0.3) is 0 Å². The number of fused-ring (bicyclic) bond motifs is 1. The Morgan fingerprint density at radius 1 is 1.26 bits per heavy atom. The molecule has 0 saturated carbocycles. The van der Waals surface area contributed by atoms with Gasteiger partial charge < -0.3 is 5.32 Å². The third-order valence-electron chi connectivity index (χ3n) is 3.40. The van der Waals surface area contributed by atoms with E-state index >= 15 is 0 Å². The zero-order valence-electron chi connectivity index (χ0n) is 10.4. The summed E-state index contributed by atoms with van der Waals surface area (Å²) in [5, 5.41) is 7.54. The molecule has 1 aliphatic rings. The monoisotopic (exact) mass is 293 g/mol. The van der Waals surface area contributed by atoms with Gasteiger partial charge in [0.25, 0.3) is 0 Å². The van der Waals surface area contributed by atoms with Crippen LogP contribution in [-0.4, -0.2) is 20.7 Å². The highest BCUT2D eigenvalue weighted by molar-refractivity contribution is 7.91. The number of nitrogens with one attached hydrogen (secondary N) is 1. The van der Waals surface area contributed by atoms with Crippen LogP contribution in [0, 0.1) is 0 Å². The second kappa shape index (κ2) is 5.07. The van der Waals surface area contributed by atoms with Crippen molar-refractivity contribution in [3.8, 4) is 0 Å². The van der Waals surface area contributed by atoms with E-state index in [1.165, 1.54) is 5.56 Å².